The van der Waals surface area contributed by atoms with Gasteiger partial charge in [0, 0.05) is 5.56 Å². The van der Waals surface area contributed by atoms with Crippen molar-refractivity contribution in [1.29, 1.82) is 0 Å². The number of benzene rings is 2. The van der Waals surface area contributed by atoms with Gasteiger partial charge in [0.2, 0.25) is 0 Å². The molecule has 0 spiro atoms. The van der Waals surface area contributed by atoms with Crippen molar-refractivity contribution in [3.8, 4) is 17.0 Å². The van der Waals surface area contributed by atoms with Gasteiger partial charge < -0.3 is 5.11 Å². The van der Waals surface area contributed by atoms with E-state index in [9.17, 15) is 9.90 Å². The zero-order valence-corrected chi connectivity index (χ0v) is 15.3. The van der Waals surface area contributed by atoms with Gasteiger partial charge in [-0.15, -0.1) is 0 Å². The Kier molecular flexibility index (Phi) is 5.66. The van der Waals surface area contributed by atoms with Gasteiger partial charge in [-0.25, -0.2) is 5.43 Å². The van der Waals surface area contributed by atoms with Crippen LogP contribution < -0.4 is 5.43 Å². The molecule has 3 rings (SSSR count). The second kappa shape index (κ2) is 8.31. The van der Waals surface area contributed by atoms with Crippen LogP contribution in [0.1, 0.15) is 35.5 Å². The lowest BCUT2D eigenvalue weighted by atomic mass is 10.0. The Morgan fingerprint density at radius 3 is 2.70 bits per heavy atom. The van der Waals surface area contributed by atoms with Crippen molar-refractivity contribution < 1.29 is 9.90 Å². The fourth-order valence-corrected chi connectivity index (χ4v) is 2.70. The summed E-state index contributed by atoms with van der Waals surface area (Å²) in [6.07, 6.45) is 2.49. The molecule has 6 heteroatoms. The third kappa shape index (κ3) is 5.04. The summed E-state index contributed by atoms with van der Waals surface area (Å²) in [7, 11) is 0. The maximum absolute atomic E-state index is 12.2. The number of aromatic nitrogens is 2. The molecule has 0 aliphatic heterocycles. The fourth-order valence-electron chi connectivity index (χ4n) is 2.70. The lowest BCUT2D eigenvalue weighted by molar-refractivity contribution is 0.0950. The molecule has 0 fully saturated rings. The number of H-pyrrole nitrogens is 1. The molecule has 0 aliphatic rings. The largest absolute Gasteiger partial charge is 0.508 e. The van der Waals surface area contributed by atoms with Gasteiger partial charge in [0.1, 0.15) is 11.4 Å². The zero-order chi connectivity index (χ0) is 19.2. The van der Waals surface area contributed by atoms with Gasteiger partial charge in [0.05, 0.1) is 11.9 Å². The predicted octanol–water partition coefficient (Wildman–Crippen LogP) is 3.74. The molecule has 0 radical (unpaired) electrons. The maximum Gasteiger partial charge on any atom is 0.289 e. The van der Waals surface area contributed by atoms with Crippen LogP contribution in [-0.2, 0) is 6.42 Å². The van der Waals surface area contributed by atoms with Crippen LogP contribution in [0.4, 0.5) is 0 Å². The molecule has 0 saturated heterocycles. The Morgan fingerprint density at radius 1 is 1.22 bits per heavy atom. The second-order valence-corrected chi connectivity index (χ2v) is 6.76. The molecule has 1 aromatic heterocycles. The summed E-state index contributed by atoms with van der Waals surface area (Å²) in [5, 5.41) is 20.2. The summed E-state index contributed by atoms with van der Waals surface area (Å²) in [6, 6.07) is 16.5. The van der Waals surface area contributed by atoms with Crippen molar-refractivity contribution >= 4 is 12.1 Å². The minimum absolute atomic E-state index is 0.142. The standard InChI is InChI=1S/C21H22N4O2/c1-14(2)10-15-6-8-17(9-7-15)19-12-20(24-23-19)21(27)25-22-13-16-4-3-5-18(26)11-16/h3-9,11-14,26H,10H2,1-2H3,(H,23,24)(H,25,27)/b22-13+. The van der Waals surface area contributed by atoms with Gasteiger partial charge in [-0.3, -0.25) is 9.89 Å². The number of hydrogen-bond acceptors (Lipinski definition) is 4. The summed E-state index contributed by atoms with van der Waals surface area (Å²) in [6.45, 7) is 4.38. The monoisotopic (exact) mass is 362 g/mol. The smallest absolute Gasteiger partial charge is 0.289 e. The van der Waals surface area contributed by atoms with Gasteiger partial charge in [0.15, 0.2) is 0 Å². The van der Waals surface area contributed by atoms with E-state index in [-0.39, 0.29) is 11.7 Å². The van der Waals surface area contributed by atoms with Gasteiger partial charge >= 0.3 is 0 Å². The topological polar surface area (TPSA) is 90.4 Å². The molecule has 1 heterocycles. The number of phenols is 1. The van der Waals surface area contributed by atoms with Crippen molar-refractivity contribution in [2.45, 2.75) is 20.3 Å². The minimum atomic E-state index is -0.387. The first-order valence-corrected chi connectivity index (χ1v) is 8.78. The third-order valence-corrected chi connectivity index (χ3v) is 3.97. The number of carbonyl (C=O) groups is 1. The Morgan fingerprint density at radius 2 is 2.00 bits per heavy atom. The third-order valence-electron chi connectivity index (χ3n) is 3.97. The average Bonchev–Trinajstić information content (AvgIpc) is 3.12. The maximum atomic E-state index is 12.2. The summed E-state index contributed by atoms with van der Waals surface area (Å²) < 4.78 is 0. The molecule has 2 aromatic carbocycles. The number of aromatic hydroxyl groups is 1. The van der Waals surface area contributed by atoms with Gasteiger partial charge in [0.25, 0.3) is 5.91 Å². The molecular weight excluding hydrogens is 340 g/mol. The highest BCUT2D eigenvalue weighted by molar-refractivity contribution is 5.94. The van der Waals surface area contributed by atoms with Gasteiger partial charge in [-0.05, 0) is 41.7 Å². The van der Waals surface area contributed by atoms with Crippen LogP contribution >= 0.6 is 0 Å². The predicted molar refractivity (Wildman–Crippen MR) is 106 cm³/mol. The first kappa shape index (κ1) is 18.4. The van der Waals surface area contributed by atoms with Crippen molar-refractivity contribution in [2.75, 3.05) is 0 Å². The molecule has 3 N–H and O–H groups in total. The highest BCUT2D eigenvalue weighted by Crippen LogP contribution is 2.19. The highest BCUT2D eigenvalue weighted by atomic mass is 16.3. The quantitative estimate of drug-likeness (QED) is 0.461. The summed E-state index contributed by atoms with van der Waals surface area (Å²) in [5.41, 5.74) is 6.37. The number of rotatable bonds is 6. The molecular formula is C21H22N4O2. The van der Waals surface area contributed by atoms with Crippen molar-refractivity contribution in [2.24, 2.45) is 11.0 Å². The second-order valence-electron chi connectivity index (χ2n) is 6.76. The summed E-state index contributed by atoms with van der Waals surface area (Å²) in [5.74, 6) is 0.362. The van der Waals surface area contributed by atoms with E-state index in [0.29, 0.717) is 22.9 Å². The molecule has 6 nitrogen and oxygen atoms in total. The number of nitrogens with one attached hydrogen (secondary N) is 2. The van der Waals surface area contributed by atoms with Gasteiger partial charge in [-0.1, -0.05) is 50.2 Å². The van der Waals surface area contributed by atoms with Crippen LogP contribution in [0.15, 0.2) is 59.7 Å². The van der Waals surface area contributed by atoms with Crippen LogP contribution in [-0.4, -0.2) is 27.4 Å². The van der Waals surface area contributed by atoms with E-state index in [0.717, 1.165) is 12.0 Å². The Hall–Kier alpha value is -3.41. The Balaban J connectivity index is 1.63. The molecule has 27 heavy (non-hydrogen) atoms. The van der Waals surface area contributed by atoms with E-state index in [4.69, 9.17) is 0 Å². The van der Waals surface area contributed by atoms with Crippen molar-refractivity contribution in [3.05, 3.63) is 71.4 Å². The van der Waals surface area contributed by atoms with Crippen LogP contribution in [0.2, 0.25) is 0 Å². The molecule has 0 aliphatic carbocycles. The Labute approximate surface area is 158 Å². The number of nitrogens with zero attached hydrogens (tertiary/aromatic N) is 2. The number of phenolic OH excluding ortho intramolecular Hbond substituents is 1. The first-order chi connectivity index (χ1) is 13.0. The molecule has 3 aromatic rings. The highest BCUT2D eigenvalue weighted by Gasteiger charge is 2.10. The number of hydrazone groups is 1. The molecule has 138 valence electrons. The van der Waals surface area contributed by atoms with Crippen LogP contribution in [0.3, 0.4) is 0 Å². The van der Waals surface area contributed by atoms with E-state index < -0.39 is 0 Å². The summed E-state index contributed by atoms with van der Waals surface area (Å²) in [4.78, 5) is 12.2. The van der Waals surface area contributed by atoms with Crippen LogP contribution in [0, 0.1) is 5.92 Å². The van der Waals surface area contributed by atoms with Gasteiger partial charge in [-0.2, -0.15) is 10.2 Å². The van der Waals surface area contributed by atoms with E-state index in [1.807, 2.05) is 12.1 Å². The summed E-state index contributed by atoms with van der Waals surface area (Å²) >= 11 is 0. The fraction of sp³-hybridized carbons (Fsp3) is 0.190. The van der Waals surface area contributed by atoms with E-state index in [2.05, 4.69) is 46.7 Å². The van der Waals surface area contributed by atoms with E-state index >= 15 is 0 Å². The van der Waals surface area contributed by atoms with Crippen LogP contribution in [0.5, 0.6) is 5.75 Å². The first-order valence-electron chi connectivity index (χ1n) is 8.78. The Bertz CT molecular complexity index is 943. The minimum Gasteiger partial charge on any atom is -0.508 e. The molecule has 0 saturated carbocycles. The zero-order valence-electron chi connectivity index (χ0n) is 15.3. The molecule has 0 unspecified atom stereocenters. The van der Waals surface area contributed by atoms with Crippen molar-refractivity contribution in [3.63, 3.8) is 0 Å². The van der Waals surface area contributed by atoms with E-state index in [1.54, 1.807) is 30.3 Å². The number of amides is 1. The van der Waals surface area contributed by atoms with E-state index in [1.165, 1.54) is 11.8 Å². The molecule has 0 atom stereocenters. The number of carbonyl (C=O) groups excluding carboxylic acids is 1. The van der Waals surface area contributed by atoms with Crippen molar-refractivity contribution in [1.82, 2.24) is 15.6 Å². The lowest BCUT2D eigenvalue weighted by Gasteiger charge is -2.05. The normalized spacial score (nSPS) is 11.2. The van der Waals surface area contributed by atoms with Crippen LogP contribution in [0.25, 0.3) is 11.3 Å². The lowest BCUT2D eigenvalue weighted by Crippen LogP contribution is -2.17. The molecule has 1 amide bonds. The number of aromatic amines is 1. The number of hydrogen-bond donors (Lipinski definition) is 3. The SMILES string of the molecule is CC(C)Cc1ccc(-c2cc(C(=O)N/N=C/c3cccc(O)c3)[nH]n2)cc1. The average molecular weight is 362 g/mol. The molecule has 0 bridgehead atoms.